The molecule has 2 aliphatic rings. The number of carbonyl (C=O) groups excluding carboxylic acids is 2. The fourth-order valence-electron chi connectivity index (χ4n) is 1.85. The molecule has 110 valence electrons. The smallest absolute Gasteiger partial charge is 0.543 e. The minimum Gasteiger partial charge on any atom is -0.543 e. The Morgan fingerprint density at radius 2 is 2.14 bits per heavy atom. The maximum Gasteiger partial charge on any atom is 1.00 e. The van der Waals surface area contributed by atoms with Crippen LogP contribution in [0.3, 0.4) is 0 Å². The number of β-lactam (4-membered cyclic amide) rings is 1. The average Bonchev–Trinajstić information content (AvgIpc) is 2.71. The van der Waals surface area contributed by atoms with Crippen LogP contribution in [-0.4, -0.2) is 56.7 Å². The van der Waals surface area contributed by atoms with Gasteiger partial charge < -0.3 is 25.8 Å². The van der Waals surface area contributed by atoms with Gasteiger partial charge in [-0.05, 0) is 0 Å². The number of aliphatic hydroxyl groups excluding tert-OH is 1. The van der Waals surface area contributed by atoms with Gasteiger partial charge in [0.15, 0.2) is 0 Å². The average molecular weight is 342 g/mol. The van der Waals surface area contributed by atoms with Crippen LogP contribution in [0.15, 0.2) is 9.93 Å². The van der Waals surface area contributed by atoms with Crippen LogP contribution >= 0.6 is 23.5 Å². The monoisotopic (exact) mass is 342 g/mol. The molecule has 0 aromatic rings. The normalized spacial score (nSPS) is 25.0. The van der Waals surface area contributed by atoms with Gasteiger partial charge >= 0.3 is 35.5 Å². The van der Waals surface area contributed by atoms with Crippen LogP contribution in [-0.2, 0) is 14.4 Å². The molecule has 0 aromatic carbocycles. The van der Waals surface area contributed by atoms with Crippen LogP contribution in [0.5, 0.6) is 0 Å². The van der Waals surface area contributed by atoms with Crippen molar-refractivity contribution in [3.63, 3.8) is 0 Å². The third kappa shape index (κ3) is 3.41. The standard InChI is InChI=1S/C10H12N2O6S2.Na/c11-4(8(15)16)2-19-10-5(9(17)18)12-6(14)3(1-13)7(12)20-10;/h3-4,7,13H,1-2,11H2,(H,15,16)(H,17,18);/q;+1/p-1/t3-,4-,7+;/m0./s1. The number of carboxylic acid groups (broad SMARTS) is 2. The molecule has 4 N–H and O–H groups in total. The number of nitrogens with zero attached hydrogens (tertiary/aromatic N) is 1. The molecule has 8 nitrogen and oxygen atoms in total. The van der Waals surface area contributed by atoms with E-state index in [2.05, 4.69) is 0 Å². The summed E-state index contributed by atoms with van der Waals surface area (Å²) in [6.45, 7) is -0.361. The van der Waals surface area contributed by atoms with E-state index in [-0.39, 0.29) is 51.9 Å². The van der Waals surface area contributed by atoms with E-state index in [0.29, 0.717) is 0 Å². The predicted molar refractivity (Wildman–Crippen MR) is 68.9 cm³/mol. The summed E-state index contributed by atoms with van der Waals surface area (Å²) in [5.41, 5.74) is 5.08. The van der Waals surface area contributed by atoms with E-state index < -0.39 is 35.2 Å². The Bertz CT molecular complexity index is 514. The molecule has 0 radical (unpaired) electrons. The van der Waals surface area contributed by atoms with E-state index in [0.717, 1.165) is 28.4 Å². The van der Waals surface area contributed by atoms with Gasteiger partial charge in [0.25, 0.3) is 0 Å². The summed E-state index contributed by atoms with van der Waals surface area (Å²) >= 11 is 2.06. The summed E-state index contributed by atoms with van der Waals surface area (Å²) in [7, 11) is 0. The topological polar surface area (TPSA) is 144 Å². The molecule has 11 heteroatoms. The predicted octanol–water partition coefficient (Wildman–Crippen LogP) is -5.42. The van der Waals surface area contributed by atoms with Crippen molar-refractivity contribution < 1.29 is 59.3 Å². The molecule has 21 heavy (non-hydrogen) atoms. The van der Waals surface area contributed by atoms with E-state index in [4.69, 9.17) is 15.9 Å². The second-order valence-electron chi connectivity index (χ2n) is 4.18. The summed E-state index contributed by atoms with van der Waals surface area (Å²) in [4.78, 5) is 34.5. The van der Waals surface area contributed by atoms with Crippen molar-refractivity contribution in [2.45, 2.75) is 11.4 Å². The van der Waals surface area contributed by atoms with Crippen molar-refractivity contribution in [1.29, 1.82) is 0 Å². The number of carbonyl (C=O) groups is 3. The Morgan fingerprint density at radius 3 is 2.62 bits per heavy atom. The van der Waals surface area contributed by atoms with Crippen LogP contribution in [0.2, 0.25) is 0 Å². The quantitative estimate of drug-likeness (QED) is 0.318. The minimum absolute atomic E-state index is 0. The zero-order chi connectivity index (χ0) is 15.0. The first-order valence-corrected chi connectivity index (χ1v) is 7.42. The second-order valence-corrected chi connectivity index (χ2v) is 6.60. The first-order valence-electron chi connectivity index (χ1n) is 5.55. The van der Waals surface area contributed by atoms with Gasteiger partial charge in [0.05, 0.1) is 28.4 Å². The second kappa shape index (κ2) is 7.36. The molecular weight excluding hydrogens is 331 g/mol. The van der Waals surface area contributed by atoms with Crippen LogP contribution in [0.4, 0.5) is 0 Å². The van der Waals surface area contributed by atoms with E-state index in [1.165, 1.54) is 0 Å². The number of fused-ring (bicyclic) bond motifs is 1. The number of hydrogen-bond donors (Lipinski definition) is 3. The Morgan fingerprint density at radius 1 is 1.52 bits per heavy atom. The molecule has 1 amide bonds. The number of aliphatic hydroxyl groups is 1. The van der Waals surface area contributed by atoms with Gasteiger partial charge in [-0.1, -0.05) is 11.8 Å². The number of amides is 1. The van der Waals surface area contributed by atoms with E-state index in [9.17, 15) is 19.5 Å². The van der Waals surface area contributed by atoms with Crippen molar-refractivity contribution in [1.82, 2.24) is 4.90 Å². The summed E-state index contributed by atoms with van der Waals surface area (Å²) in [6, 6.07) is -1.13. The zero-order valence-electron chi connectivity index (χ0n) is 11.0. The third-order valence-corrected chi connectivity index (χ3v) is 5.73. The maximum absolute atomic E-state index is 11.7. The molecule has 1 fully saturated rings. The number of thioether (sulfide) groups is 2. The van der Waals surface area contributed by atoms with Gasteiger partial charge in [0, 0.05) is 5.75 Å². The van der Waals surface area contributed by atoms with Gasteiger partial charge in [-0.2, -0.15) is 0 Å². The number of carboxylic acids is 2. The number of aliphatic carboxylic acids is 2. The fourth-order valence-corrected chi connectivity index (χ4v) is 4.61. The van der Waals surface area contributed by atoms with Gasteiger partial charge in [-0.15, -0.1) is 11.8 Å². The third-order valence-electron chi connectivity index (χ3n) is 2.92. The fraction of sp³-hybridized carbons (Fsp3) is 0.500. The van der Waals surface area contributed by atoms with Crippen molar-refractivity contribution in [2.24, 2.45) is 11.7 Å². The molecule has 0 bridgehead atoms. The molecule has 3 atom stereocenters. The van der Waals surface area contributed by atoms with Gasteiger partial charge in [0.1, 0.15) is 11.4 Å². The molecular formula is C10H11N2NaO6S2. The van der Waals surface area contributed by atoms with Crippen molar-refractivity contribution in [3.8, 4) is 0 Å². The summed E-state index contributed by atoms with van der Waals surface area (Å²) < 4.78 is 0.288. The Hall–Kier alpha value is -0.230. The zero-order valence-corrected chi connectivity index (χ0v) is 14.6. The molecule has 1 saturated heterocycles. The maximum atomic E-state index is 11.7. The molecule has 0 unspecified atom stereocenters. The molecule has 0 saturated carbocycles. The van der Waals surface area contributed by atoms with Crippen molar-refractivity contribution >= 4 is 41.4 Å². The molecule has 0 aliphatic carbocycles. The van der Waals surface area contributed by atoms with Crippen molar-refractivity contribution in [2.75, 3.05) is 12.4 Å². The molecule has 0 spiro atoms. The molecule has 0 aromatic heterocycles. The number of rotatable bonds is 6. The minimum atomic E-state index is -1.50. The van der Waals surface area contributed by atoms with Crippen LogP contribution in [0, 0.1) is 5.92 Å². The molecule has 2 heterocycles. The number of nitrogens with two attached hydrogens (primary N) is 1. The van der Waals surface area contributed by atoms with E-state index in [1.807, 2.05) is 0 Å². The van der Waals surface area contributed by atoms with Crippen LogP contribution in [0.25, 0.3) is 0 Å². The largest absolute Gasteiger partial charge is 1.00 e. The van der Waals surface area contributed by atoms with E-state index in [1.54, 1.807) is 0 Å². The first kappa shape index (κ1) is 18.8. The Kier molecular flexibility index (Phi) is 6.59. The summed E-state index contributed by atoms with van der Waals surface area (Å²) in [5, 5.41) is 28.4. The Balaban J connectivity index is 0.00000220. The summed E-state index contributed by atoms with van der Waals surface area (Å²) in [6.07, 6.45) is 0. The SMILES string of the molecule is N[C@@H](CSC1=C(C(=O)[O-])N2C(=O)[C@H](CO)[C@H]2S1)C(=O)O.[Na+]. The molecule has 2 aliphatic heterocycles. The van der Waals surface area contributed by atoms with Gasteiger partial charge in [-0.3, -0.25) is 14.5 Å². The van der Waals surface area contributed by atoms with E-state index >= 15 is 0 Å². The van der Waals surface area contributed by atoms with Gasteiger partial charge in [0.2, 0.25) is 5.91 Å². The molecule has 2 rings (SSSR count). The van der Waals surface area contributed by atoms with Gasteiger partial charge in [-0.25, -0.2) is 0 Å². The van der Waals surface area contributed by atoms with Crippen LogP contribution < -0.4 is 40.4 Å². The van der Waals surface area contributed by atoms with Crippen molar-refractivity contribution in [3.05, 3.63) is 9.93 Å². The first-order chi connectivity index (χ1) is 9.38. The number of hydrogen-bond acceptors (Lipinski definition) is 8. The Labute approximate surface area is 150 Å². The van der Waals surface area contributed by atoms with Crippen LogP contribution in [0.1, 0.15) is 0 Å². The summed E-state index contributed by atoms with van der Waals surface area (Å²) in [5.74, 6) is -3.82.